The van der Waals surface area contributed by atoms with Crippen molar-refractivity contribution in [3.05, 3.63) is 23.8 Å². The fraction of sp³-hybridized carbons (Fsp3) is 0.625. The third-order valence-corrected chi connectivity index (χ3v) is 4.47. The number of hydrogen-bond donors (Lipinski definition) is 1. The van der Waals surface area contributed by atoms with Crippen molar-refractivity contribution in [3.63, 3.8) is 0 Å². The fourth-order valence-corrected chi connectivity index (χ4v) is 3.37. The van der Waals surface area contributed by atoms with Crippen LogP contribution >= 0.6 is 0 Å². The van der Waals surface area contributed by atoms with Gasteiger partial charge in [0.2, 0.25) is 0 Å². The molecule has 1 spiro atoms. The number of aryl methyl sites for hydroxylation is 1. The number of nitrogens with two attached hydrogens (primary N) is 1. The van der Waals surface area contributed by atoms with E-state index in [-0.39, 0.29) is 11.7 Å². The highest BCUT2D eigenvalue weighted by Crippen LogP contribution is 2.41. The van der Waals surface area contributed by atoms with Crippen molar-refractivity contribution in [3.8, 4) is 5.75 Å². The second kappa shape index (κ2) is 5.04. The van der Waals surface area contributed by atoms with Crippen molar-refractivity contribution in [1.82, 2.24) is 0 Å². The molecule has 1 aromatic rings. The number of anilines is 1. The Morgan fingerprint density at radius 3 is 2.89 bits per heavy atom. The monoisotopic (exact) mass is 261 g/mol. The van der Waals surface area contributed by atoms with Gasteiger partial charge in [0.1, 0.15) is 11.9 Å². The molecular formula is C16H23NO2. The van der Waals surface area contributed by atoms with E-state index >= 15 is 0 Å². The third-order valence-electron chi connectivity index (χ3n) is 4.47. The summed E-state index contributed by atoms with van der Waals surface area (Å²) < 4.78 is 12.2. The summed E-state index contributed by atoms with van der Waals surface area (Å²) in [5.74, 6) is 0.931. The molecule has 3 nitrogen and oxygen atoms in total. The highest BCUT2D eigenvalue weighted by atomic mass is 16.5. The predicted octanol–water partition coefficient (Wildman–Crippen LogP) is 3.45. The van der Waals surface area contributed by atoms with Gasteiger partial charge in [-0.05, 0) is 31.4 Å². The smallest absolute Gasteiger partial charge is 0.124 e. The van der Waals surface area contributed by atoms with Crippen LogP contribution in [0.1, 0.15) is 44.1 Å². The number of nitrogen functional groups attached to an aromatic ring is 1. The van der Waals surface area contributed by atoms with E-state index < -0.39 is 0 Å². The number of hydrogen-bond acceptors (Lipinski definition) is 3. The van der Waals surface area contributed by atoms with E-state index in [4.69, 9.17) is 15.2 Å². The van der Waals surface area contributed by atoms with Gasteiger partial charge in [0.15, 0.2) is 0 Å². The SMILES string of the molecule is Cc1ccc(N)cc1OC1CCOC2(CCCC2)C1. The molecule has 1 saturated carbocycles. The molecule has 0 aromatic heterocycles. The first kappa shape index (κ1) is 12.8. The minimum absolute atomic E-state index is 0.108. The molecule has 2 fully saturated rings. The van der Waals surface area contributed by atoms with Gasteiger partial charge in [-0.1, -0.05) is 18.9 Å². The topological polar surface area (TPSA) is 44.5 Å². The molecule has 1 unspecified atom stereocenters. The molecule has 0 radical (unpaired) electrons. The van der Waals surface area contributed by atoms with Gasteiger partial charge in [-0.3, -0.25) is 0 Å². The van der Waals surface area contributed by atoms with Crippen LogP contribution < -0.4 is 10.5 Å². The molecule has 3 rings (SSSR count). The first-order chi connectivity index (χ1) is 9.17. The zero-order valence-electron chi connectivity index (χ0n) is 11.7. The average Bonchev–Trinajstić information content (AvgIpc) is 2.82. The Labute approximate surface area is 115 Å². The van der Waals surface area contributed by atoms with E-state index in [2.05, 4.69) is 6.92 Å². The highest BCUT2D eigenvalue weighted by molar-refractivity contribution is 5.48. The quantitative estimate of drug-likeness (QED) is 0.829. The van der Waals surface area contributed by atoms with E-state index in [1.165, 1.54) is 25.7 Å². The summed E-state index contributed by atoms with van der Waals surface area (Å²) in [4.78, 5) is 0. The zero-order chi connectivity index (χ0) is 13.3. The van der Waals surface area contributed by atoms with Crippen LogP contribution in [0.5, 0.6) is 5.75 Å². The second-order valence-corrected chi connectivity index (χ2v) is 6.00. The van der Waals surface area contributed by atoms with E-state index in [1.54, 1.807) is 0 Å². The maximum Gasteiger partial charge on any atom is 0.124 e. The van der Waals surface area contributed by atoms with Crippen molar-refractivity contribution in [2.75, 3.05) is 12.3 Å². The molecule has 104 valence electrons. The number of ether oxygens (including phenoxy) is 2. The lowest BCUT2D eigenvalue weighted by atomic mass is 9.90. The Morgan fingerprint density at radius 2 is 2.11 bits per heavy atom. The summed E-state index contributed by atoms with van der Waals surface area (Å²) in [5, 5.41) is 0. The zero-order valence-corrected chi connectivity index (χ0v) is 11.7. The standard InChI is InChI=1S/C16H23NO2/c1-12-4-5-13(17)10-15(12)19-14-6-9-18-16(11-14)7-2-3-8-16/h4-5,10,14H,2-3,6-9,11,17H2,1H3. The summed E-state index contributed by atoms with van der Waals surface area (Å²) in [5.41, 5.74) is 7.87. The van der Waals surface area contributed by atoms with Crippen molar-refractivity contribution < 1.29 is 9.47 Å². The van der Waals surface area contributed by atoms with Crippen LogP contribution in [-0.2, 0) is 4.74 Å². The summed E-state index contributed by atoms with van der Waals surface area (Å²) in [6, 6.07) is 5.88. The van der Waals surface area contributed by atoms with Gasteiger partial charge in [-0.25, -0.2) is 0 Å². The van der Waals surface area contributed by atoms with Crippen molar-refractivity contribution in [2.24, 2.45) is 0 Å². The predicted molar refractivity (Wildman–Crippen MR) is 76.4 cm³/mol. The first-order valence-corrected chi connectivity index (χ1v) is 7.34. The highest BCUT2D eigenvalue weighted by Gasteiger charge is 2.40. The lowest BCUT2D eigenvalue weighted by molar-refractivity contribution is -0.108. The molecule has 1 saturated heterocycles. The maximum atomic E-state index is 6.19. The second-order valence-electron chi connectivity index (χ2n) is 6.00. The van der Waals surface area contributed by atoms with Crippen LogP contribution in [0.25, 0.3) is 0 Å². The molecule has 2 N–H and O–H groups in total. The van der Waals surface area contributed by atoms with Gasteiger partial charge in [-0.15, -0.1) is 0 Å². The summed E-state index contributed by atoms with van der Waals surface area (Å²) in [6.45, 7) is 2.89. The molecule has 1 heterocycles. The van der Waals surface area contributed by atoms with Crippen LogP contribution in [0.15, 0.2) is 18.2 Å². The Morgan fingerprint density at radius 1 is 1.32 bits per heavy atom. The normalized spacial score (nSPS) is 25.6. The van der Waals surface area contributed by atoms with Crippen molar-refractivity contribution in [1.29, 1.82) is 0 Å². The number of benzene rings is 1. The molecule has 1 aliphatic carbocycles. The molecule has 19 heavy (non-hydrogen) atoms. The van der Waals surface area contributed by atoms with Crippen LogP contribution in [-0.4, -0.2) is 18.3 Å². The lowest BCUT2D eigenvalue weighted by Gasteiger charge is -2.38. The molecular weight excluding hydrogens is 238 g/mol. The van der Waals surface area contributed by atoms with Gasteiger partial charge >= 0.3 is 0 Å². The largest absolute Gasteiger partial charge is 0.490 e. The molecule has 1 aromatic carbocycles. The van der Waals surface area contributed by atoms with E-state index in [0.29, 0.717) is 0 Å². The van der Waals surface area contributed by atoms with Gasteiger partial charge in [-0.2, -0.15) is 0 Å². The molecule has 0 bridgehead atoms. The molecule has 2 aliphatic rings. The molecule has 1 atom stereocenters. The summed E-state index contributed by atoms with van der Waals surface area (Å²) in [7, 11) is 0. The lowest BCUT2D eigenvalue weighted by Crippen LogP contribution is -2.41. The third kappa shape index (κ3) is 2.71. The average molecular weight is 261 g/mol. The van der Waals surface area contributed by atoms with E-state index in [9.17, 15) is 0 Å². The molecule has 3 heteroatoms. The number of rotatable bonds is 2. The Balaban J connectivity index is 1.70. The fourth-order valence-electron chi connectivity index (χ4n) is 3.37. The van der Waals surface area contributed by atoms with Crippen LogP contribution in [0.4, 0.5) is 5.69 Å². The van der Waals surface area contributed by atoms with Gasteiger partial charge in [0, 0.05) is 24.6 Å². The Kier molecular flexibility index (Phi) is 3.40. The van der Waals surface area contributed by atoms with Crippen LogP contribution in [0.2, 0.25) is 0 Å². The van der Waals surface area contributed by atoms with Crippen molar-refractivity contribution >= 4 is 5.69 Å². The van der Waals surface area contributed by atoms with Crippen LogP contribution in [0.3, 0.4) is 0 Å². The van der Waals surface area contributed by atoms with Gasteiger partial charge < -0.3 is 15.2 Å². The van der Waals surface area contributed by atoms with E-state index in [0.717, 1.165) is 36.4 Å². The first-order valence-electron chi connectivity index (χ1n) is 7.34. The van der Waals surface area contributed by atoms with Crippen molar-refractivity contribution in [2.45, 2.75) is 57.2 Å². The minimum atomic E-state index is 0.108. The van der Waals surface area contributed by atoms with E-state index in [1.807, 2.05) is 18.2 Å². The minimum Gasteiger partial charge on any atom is -0.490 e. The Hall–Kier alpha value is -1.22. The molecule has 1 aliphatic heterocycles. The maximum absolute atomic E-state index is 6.19. The molecule has 0 amide bonds. The summed E-state index contributed by atoms with van der Waals surface area (Å²) in [6.07, 6.45) is 7.27. The van der Waals surface area contributed by atoms with Gasteiger partial charge in [0.25, 0.3) is 0 Å². The summed E-state index contributed by atoms with van der Waals surface area (Å²) >= 11 is 0. The van der Waals surface area contributed by atoms with Gasteiger partial charge in [0.05, 0.1) is 12.2 Å². The van der Waals surface area contributed by atoms with Crippen LogP contribution in [0, 0.1) is 6.92 Å². The Bertz CT molecular complexity index is 452.